The molecule has 0 aliphatic carbocycles. The van der Waals surface area contributed by atoms with Crippen LogP contribution in [0.25, 0.3) is 6.08 Å². The van der Waals surface area contributed by atoms with E-state index in [1.807, 2.05) is 60.3 Å². The molecule has 31 heavy (non-hydrogen) atoms. The van der Waals surface area contributed by atoms with Crippen molar-refractivity contribution in [3.8, 4) is 0 Å². The van der Waals surface area contributed by atoms with Gasteiger partial charge in [-0.25, -0.2) is 4.79 Å². The number of aryl methyl sites for hydroxylation is 1. The van der Waals surface area contributed by atoms with Crippen LogP contribution in [0.3, 0.4) is 0 Å². The molecule has 0 fully saturated rings. The highest BCUT2D eigenvalue weighted by Gasteiger charge is 2.13. The maximum Gasteiger partial charge on any atom is 0.331 e. The first kappa shape index (κ1) is 22.8. The quantitative estimate of drug-likeness (QED) is 0.369. The summed E-state index contributed by atoms with van der Waals surface area (Å²) in [4.78, 5) is 26.9. The maximum absolute atomic E-state index is 12.2. The van der Waals surface area contributed by atoms with Crippen LogP contribution in [0, 0.1) is 13.8 Å². The highest BCUT2D eigenvalue weighted by molar-refractivity contribution is 7.09. The number of carbonyl (C=O) groups excluding carboxylic acids is 2. The minimum Gasteiger partial charge on any atom is -0.452 e. The summed E-state index contributed by atoms with van der Waals surface area (Å²) in [6, 6.07) is 11.5. The second kappa shape index (κ2) is 10.4. The van der Waals surface area contributed by atoms with Crippen LogP contribution in [0.2, 0.25) is 5.02 Å². The summed E-state index contributed by atoms with van der Waals surface area (Å²) < 4.78 is 6.96. The first-order valence-corrected chi connectivity index (χ1v) is 11.0. The van der Waals surface area contributed by atoms with Gasteiger partial charge in [0.2, 0.25) is 0 Å². The van der Waals surface area contributed by atoms with Crippen LogP contribution in [0.5, 0.6) is 0 Å². The van der Waals surface area contributed by atoms with E-state index in [1.54, 1.807) is 24.5 Å². The van der Waals surface area contributed by atoms with E-state index in [0.717, 1.165) is 27.4 Å². The molecule has 0 saturated carbocycles. The lowest BCUT2D eigenvalue weighted by atomic mass is 10.1. The third-order valence-corrected chi connectivity index (χ3v) is 6.07. The standard InChI is InChI=1S/C23H24ClN3O3S/c1-16-20(17(2)27(25-16)13-18-7-4-5-9-21(18)24)10-11-23(29)30-15-22(28)26(3)14-19-8-6-12-31-19/h4-12H,13-15H2,1-3H3/b11-10+. The molecular weight excluding hydrogens is 434 g/mol. The number of ether oxygens (including phenoxy) is 1. The minimum absolute atomic E-state index is 0.255. The summed E-state index contributed by atoms with van der Waals surface area (Å²) in [5, 5.41) is 7.19. The number of rotatable bonds is 8. The fourth-order valence-corrected chi connectivity index (χ4v) is 4.01. The highest BCUT2D eigenvalue weighted by Crippen LogP contribution is 2.20. The Morgan fingerprint density at radius 3 is 2.71 bits per heavy atom. The van der Waals surface area contributed by atoms with Gasteiger partial charge in [-0.2, -0.15) is 5.10 Å². The normalized spacial score (nSPS) is 11.1. The van der Waals surface area contributed by atoms with Crippen LogP contribution >= 0.6 is 22.9 Å². The Labute approximate surface area is 190 Å². The number of halogens is 1. The SMILES string of the molecule is Cc1nn(Cc2ccccc2Cl)c(C)c1/C=C/C(=O)OCC(=O)N(C)Cc1cccs1. The Morgan fingerprint density at radius 2 is 2.00 bits per heavy atom. The number of thiophene rings is 1. The van der Waals surface area contributed by atoms with Gasteiger partial charge in [-0.15, -0.1) is 11.3 Å². The molecule has 0 N–H and O–H groups in total. The average Bonchev–Trinajstić information content (AvgIpc) is 3.34. The van der Waals surface area contributed by atoms with Crippen LogP contribution in [-0.4, -0.2) is 40.2 Å². The zero-order valence-corrected chi connectivity index (χ0v) is 19.2. The van der Waals surface area contributed by atoms with E-state index in [9.17, 15) is 9.59 Å². The second-order valence-corrected chi connectivity index (χ2v) is 8.54. The van der Waals surface area contributed by atoms with Gasteiger partial charge in [-0.05, 0) is 43.0 Å². The molecule has 0 bridgehead atoms. The Morgan fingerprint density at radius 1 is 1.23 bits per heavy atom. The lowest BCUT2D eigenvalue weighted by Crippen LogP contribution is -2.30. The van der Waals surface area contributed by atoms with E-state index in [0.29, 0.717) is 18.1 Å². The number of hydrogen-bond acceptors (Lipinski definition) is 5. The average molecular weight is 458 g/mol. The number of amides is 1. The fraction of sp³-hybridized carbons (Fsp3) is 0.261. The van der Waals surface area contributed by atoms with Crippen molar-refractivity contribution >= 4 is 40.9 Å². The van der Waals surface area contributed by atoms with Crippen molar-refractivity contribution in [2.75, 3.05) is 13.7 Å². The van der Waals surface area contributed by atoms with Crippen molar-refractivity contribution in [3.05, 3.63) is 80.3 Å². The minimum atomic E-state index is -0.574. The number of hydrogen-bond donors (Lipinski definition) is 0. The molecule has 0 unspecified atom stereocenters. The number of benzene rings is 1. The number of likely N-dealkylation sites (N-methyl/N-ethyl adjacent to an activating group) is 1. The van der Waals surface area contributed by atoms with Crippen molar-refractivity contribution in [2.24, 2.45) is 0 Å². The lowest BCUT2D eigenvalue weighted by Gasteiger charge is -2.15. The second-order valence-electron chi connectivity index (χ2n) is 7.10. The van der Waals surface area contributed by atoms with Crippen molar-refractivity contribution in [3.63, 3.8) is 0 Å². The van der Waals surface area contributed by atoms with Gasteiger partial charge in [0.15, 0.2) is 6.61 Å². The Kier molecular flexibility index (Phi) is 7.65. The van der Waals surface area contributed by atoms with Gasteiger partial charge in [0.25, 0.3) is 5.91 Å². The van der Waals surface area contributed by atoms with Crippen LogP contribution in [0.4, 0.5) is 0 Å². The van der Waals surface area contributed by atoms with Crippen molar-refractivity contribution < 1.29 is 14.3 Å². The predicted octanol–water partition coefficient (Wildman–Crippen LogP) is 4.48. The summed E-state index contributed by atoms with van der Waals surface area (Å²) in [7, 11) is 1.69. The highest BCUT2D eigenvalue weighted by atomic mass is 35.5. The van der Waals surface area contributed by atoms with Gasteiger partial charge < -0.3 is 9.64 Å². The summed E-state index contributed by atoms with van der Waals surface area (Å²) in [6.45, 7) is 4.55. The van der Waals surface area contributed by atoms with E-state index < -0.39 is 5.97 Å². The summed E-state index contributed by atoms with van der Waals surface area (Å²) in [5.74, 6) is -0.828. The number of carbonyl (C=O) groups is 2. The molecule has 0 spiro atoms. The molecule has 1 amide bonds. The molecule has 0 aliphatic heterocycles. The molecular formula is C23H24ClN3O3S. The predicted molar refractivity (Wildman–Crippen MR) is 123 cm³/mol. The van der Waals surface area contributed by atoms with Crippen LogP contribution in [-0.2, 0) is 27.4 Å². The molecule has 2 aromatic heterocycles. The van der Waals surface area contributed by atoms with Gasteiger partial charge in [0.1, 0.15) is 0 Å². The topological polar surface area (TPSA) is 64.4 Å². The first-order valence-electron chi connectivity index (χ1n) is 9.73. The molecule has 8 heteroatoms. The van der Waals surface area contributed by atoms with E-state index in [1.165, 1.54) is 11.0 Å². The molecule has 3 aromatic rings. The zero-order chi connectivity index (χ0) is 22.4. The van der Waals surface area contributed by atoms with E-state index in [4.69, 9.17) is 16.3 Å². The van der Waals surface area contributed by atoms with Gasteiger partial charge in [0.05, 0.1) is 18.8 Å². The largest absolute Gasteiger partial charge is 0.452 e. The Balaban J connectivity index is 1.57. The van der Waals surface area contributed by atoms with Crippen LogP contribution in [0.15, 0.2) is 47.9 Å². The van der Waals surface area contributed by atoms with Gasteiger partial charge >= 0.3 is 5.97 Å². The maximum atomic E-state index is 12.2. The number of esters is 1. The monoisotopic (exact) mass is 457 g/mol. The molecule has 0 aliphatic rings. The third-order valence-electron chi connectivity index (χ3n) is 4.84. The Bertz CT molecular complexity index is 1090. The molecule has 0 atom stereocenters. The van der Waals surface area contributed by atoms with E-state index >= 15 is 0 Å². The van der Waals surface area contributed by atoms with Crippen molar-refractivity contribution in [1.29, 1.82) is 0 Å². The Hall–Kier alpha value is -2.90. The molecule has 6 nitrogen and oxygen atoms in total. The van der Waals surface area contributed by atoms with E-state index in [2.05, 4.69) is 5.10 Å². The fourth-order valence-electron chi connectivity index (χ4n) is 3.06. The summed E-state index contributed by atoms with van der Waals surface area (Å²) in [5.41, 5.74) is 3.51. The third kappa shape index (κ3) is 6.06. The molecule has 3 rings (SSSR count). The van der Waals surface area contributed by atoms with Gasteiger partial charge in [0, 0.05) is 34.3 Å². The molecule has 2 heterocycles. The van der Waals surface area contributed by atoms with Crippen LogP contribution in [0.1, 0.15) is 27.4 Å². The molecule has 1 aromatic carbocycles. The van der Waals surface area contributed by atoms with Crippen LogP contribution < -0.4 is 0 Å². The molecule has 0 saturated heterocycles. The molecule has 0 radical (unpaired) electrons. The van der Waals surface area contributed by atoms with Gasteiger partial charge in [-0.3, -0.25) is 9.48 Å². The van der Waals surface area contributed by atoms with Crippen molar-refractivity contribution in [1.82, 2.24) is 14.7 Å². The van der Waals surface area contributed by atoms with Crippen molar-refractivity contribution in [2.45, 2.75) is 26.9 Å². The van der Waals surface area contributed by atoms with E-state index in [-0.39, 0.29) is 12.5 Å². The molecule has 162 valence electrons. The summed E-state index contributed by atoms with van der Waals surface area (Å²) >= 11 is 7.83. The first-order chi connectivity index (χ1) is 14.8. The zero-order valence-electron chi connectivity index (χ0n) is 17.7. The lowest BCUT2D eigenvalue weighted by molar-refractivity contribution is -0.147. The smallest absolute Gasteiger partial charge is 0.331 e. The number of aromatic nitrogens is 2. The summed E-state index contributed by atoms with van der Waals surface area (Å²) in [6.07, 6.45) is 2.99. The number of nitrogens with zero attached hydrogens (tertiary/aromatic N) is 3. The van der Waals surface area contributed by atoms with Gasteiger partial charge in [-0.1, -0.05) is 35.9 Å².